The predicted molar refractivity (Wildman–Crippen MR) is 112 cm³/mol. The van der Waals surface area contributed by atoms with Gasteiger partial charge in [0.05, 0.1) is 6.04 Å². The van der Waals surface area contributed by atoms with Crippen molar-refractivity contribution in [2.45, 2.75) is 76.9 Å². The Kier molecular flexibility index (Phi) is 7.91. The average molecular weight is 492 g/mol. The van der Waals surface area contributed by atoms with Gasteiger partial charge in [-0.15, -0.1) is 13.2 Å². The number of alkyl halides is 3. The lowest BCUT2D eigenvalue weighted by atomic mass is 9.95. The number of Topliss-reactive ketones (excluding diaryl/α,β-unsaturated/α-hetero) is 1. The molecule has 3 amide bonds. The summed E-state index contributed by atoms with van der Waals surface area (Å²) in [7, 11) is 0. The van der Waals surface area contributed by atoms with Gasteiger partial charge in [0.25, 0.3) is 5.91 Å². The first-order valence-corrected chi connectivity index (χ1v) is 11.7. The standard InChI is InChI=1S/C22H32F3N3O6/c1-3-12(2)17(30)20(33)28-11-21(5-6-21)9-15(28)19(32)27-14(8-13-4-7-26-18(13)31)16(29)10-34-22(23,24)25/h12-15,17,30H,3-11H2,1-2H3,(H,26,31)(H,27,32)/t12?,13-,14?,15-,17?/m0/s1. The Hall–Kier alpha value is -2.21. The molecule has 1 aliphatic carbocycles. The highest BCUT2D eigenvalue weighted by Crippen LogP contribution is 2.55. The van der Waals surface area contributed by atoms with Crippen molar-refractivity contribution in [3.8, 4) is 0 Å². The van der Waals surface area contributed by atoms with Gasteiger partial charge in [-0.05, 0) is 43.4 Å². The Morgan fingerprint density at radius 2 is 2.00 bits per heavy atom. The molecule has 0 aromatic carbocycles. The molecule has 1 saturated carbocycles. The zero-order chi connectivity index (χ0) is 25.3. The van der Waals surface area contributed by atoms with Crippen LogP contribution >= 0.6 is 0 Å². The number of amides is 3. The number of aliphatic hydroxyl groups is 1. The molecule has 2 saturated heterocycles. The first kappa shape index (κ1) is 26.4. The average Bonchev–Trinajstić information content (AvgIpc) is 3.24. The van der Waals surface area contributed by atoms with Crippen molar-refractivity contribution in [3.05, 3.63) is 0 Å². The van der Waals surface area contributed by atoms with Crippen LogP contribution < -0.4 is 10.6 Å². The summed E-state index contributed by atoms with van der Waals surface area (Å²) in [5.41, 5.74) is -0.211. The van der Waals surface area contributed by atoms with Crippen LogP contribution in [0.1, 0.15) is 52.4 Å². The lowest BCUT2D eigenvalue weighted by Crippen LogP contribution is -2.54. The second kappa shape index (κ2) is 10.2. The number of likely N-dealkylation sites (tertiary alicyclic amines) is 1. The minimum absolute atomic E-state index is 0.168. The number of hydrogen-bond acceptors (Lipinski definition) is 6. The van der Waals surface area contributed by atoms with E-state index in [0.717, 1.165) is 12.8 Å². The molecule has 5 atom stereocenters. The Balaban J connectivity index is 1.74. The Morgan fingerprint density at radius 3 is 2.53 bits per heavy atom. The molecule has 3 aliphatic rings. The maximum absolute atomic E-state index is 13.2. The fraction of sp³-hybridized carbons (Fsp3) is 0.818. The van der Waals surface area contributed by atoms with Crippen LogP contribution in [0.25, 0.3) is 0 Å². The molecular weight excluding hydrogens is 459 g/mol. The van der Waals surface area contributed by atoms with E-state index in [9.17, 15) is 37.5 Å². The second-order valence-corrected chi connectivity index (χ2v) is 9.79. The first-order chi connectivity index (χ1) is 15.9. The van der Waals surface area contributed by atoms with Gasteiger partial charge in [0.15, 0.2) is 5.78 Å². The van der Waals surface area contributed by atoms with Crippen molar-refractivity contribution in [3.63, 3.8) is 0 Å². The molecule has 34 heavy (non-hydrogen) atoms. The molecule has 9 nitrogen and oxygen atoms in total. The highest BCUT2D eigenvalue weighted by molar-refractivity contribution is 5.95. The van der Waals surface area contributed by atoms with Crippen LogP contribution in [0.4, 0.5) is 13.2 Å². The minimum Gasteiger partial charge on any atom is -0.383 e. The van der Waals surface area contributed by atoms with Crippen molar-refractivity contribution in [1.29, 1.82) is 0 Å². The van der Waals surface area contributed by atoms with Gasteiger partial charge in [-0.25, -0.2) is 0 Å². The monoisotopic (exact) mass is 491 g/mol. The van der Waals surface area contributed by atoms with Gasteiger partial charge in [0.2, 0.25) is 11.8 Å². The van der Waals surface area contributed by atoms with Gasteiger partial charge in [-0.2, -0.15) is 0 Å². The van der Waals surface area contributed by atoms with E-state index >= 15 is 0 Å². The molecule has 3 unspecified atom stereocenters. The summed E-state index contributed by atoms with van der Waals surface area (Å²) in [5.74, 6) is -3.56. The predicted octanol–water partition coefficient (Wildman–Crippen LogP) is 0.891. The van der Waals surface area contributed by atoms with E-state index in [1.54, 1.807) is 6.92 Å². The summed E-state index contributed by atoms with van der Waals surface area (Å²) >= 11 is 0. The van der Waals surface area contributed by atoms with Gasteiger partial charge in [-0.1, -0.05) is 20.3 Å². The molecule has 12 heteroatoms. The summed E-state index contributed by atoms with van der Waals surface area (Å²) in [6, 6.07) is -2.33. The molecule has 3 rings (SSSR count). The molecule has 192 valence electrons. The second-order valence-electron chi connectivity index (χ2n) is 9.79. The number of carbonyl (C=O) groups is 4. The Labute approximate surface area is 195 Å². The van der Waals surface area contributed by atoms with Crippen LogP contribution in [0, 0.1) is 17.3 Å². The third-order valence-electron chi connectivity index (χ3n) is 7.25. The van der Waals surface area contributed by atoms with Crippen molar-refractivity contribution in [2.24, 2.45) is 17.3 Å². The van der Waals surface area contributed by atoms with Crippen LogP contribution in [0.5, 0.6) is 0 Å². The number of ketones is 1. The van der Waals surface area contributed by atoms with Gasteiger partial charge in [-0.3, -0.25) is 23.9 Å². The normalized spacial score (nSPS) is 26.2. The third-order valence-corrected chi connectivity index (χ3v) is 7.25. The number of halogens is 3. The van der Waals surface area contributed by atoms with Crippen LogP contribution in [0.15, 0.2) is 0 Å². The van der Waals surface area contributed by atoms with E-state index in [-0.39, 0.29) is 23.7 Å². The van der Waals surface area contributed by atoms with Gasteiger partial charge in [0, 0.05) is 19.0 Å². The third kappa shape index (κ3) is 6.26. The van der Waals surface area contributed by atoms with Crippen LogP contribution in [0.3, 0.4) is 0 Å². The van der Waals surface area contributed by atoms with Gasteiger partial charge in [0.1, 0.15) is 18.8 Å². The summed E-state index contributed by atoms with van der Waals surface area (Å²) in [4.78, 5) is 52.0. The minimum atomic E-state index is -5.02. The highest BCUT2D eigenvalue weighted by atomic mass is 19.4. The zero-order valence-corrected chi connectivity index (χ0v) is 19.3. The van der Waals surface area contributed by atoms with E-state index in [1.807, 2.05) is 6.92 Å². The molecule has 3 N–H and O–H groups in total. The molecule has 0 aromatic rings. The van der Waals surface area contributed by atoms with Crippen molar-refractivity contribution >= 4 is 23.5 Å². The van der Waals surface area contributed by atoms with E-state index in [1.165, 1.54) is 4.90 Å². The quantitative estimate of drug-likeness (QED) is 0.417. The lowest BCUT2D eigenvalue weighted by molar-refractivity contribution is -0.321. The largest absolute Gasteiger partial charge is 0.522 e. The van der Waals surface area contributed by atoms with Crippen molar-refractivity contribution in [2.75, 3.05) is 19.7 Å². The summed E-state index contributed by atoms with van der Waals surface area (Å²) in [5, 5.41) is 15.5. The topological polar surface area (TPSA) is 125 Å². The number of ether oxygens (including phenoxy) is 1. The number of carbonyl (C=O) groups excluding carboxylic acids is 4. The fourth-order valence-electron chi connectivity index (χ4n) is 4.64. The number of rotatable bonds is 10. The number of nitrogens with zero attached hydrogens (tertiary/aromatic N) is 1. The summed E-state index contributed by atoms with van der Waals surface area (Å²) in [6.45, 7) is 2.93. The molecule has 1 spiro atoms. The fourth-order valence-corrected chi connectivity index (χ4v) is 4.64. The van der Waals surface area contributed by atoms with Crippen molar-refractivity contribution < 1.29 is 42.2 Å². The SMILES string of the molecule is CCC(C)C(O)C(=O)N1CC2(CC2)C[C@H]1C(=O)NC(C[C@@H]1CCNC1=O)C(=O)COC(F)(F)F. The van der Waals surface area contributed by atoms with Crippen LogP contribution in [0.2, 0.25) is 0 Å². The maximum atomic E-state index is 13.2. The Morgan fingerprint density at radius 1 is 1.32 bits per heavy atom. The van der Waals surface area contributed by atoms with E-state index in [0.29, 0.717) is 32.4 Å². The molecule has 0 radical (unpaired) electrons. The number of aliphatic hydroxyl groups excluding tert-OH is 1. The molecule has 2 heterocycles. The molecule has 3 fully saturated rings. The molecule has 2 aliphatic heterocycles. The first-order valence-electron chi connectivity index (χ1n) is 11.7. The maximum Gasteiger partial charge on any atom is 0.522 e. The molecule has 0 bridgehead atoms. The highest BCUT2D eigenvalue weighted by Gasteiger charge is 2.56. The molecular formula is C22H32F3N3O6. The van der Waals surface area contributed by atoms with Crippen LogP contribution in [-0.2, 0) is 23.9 Å². The smallest absolute Gasteiger partial charge is 0.383 e. The summed E-state index contributed by atoms with van der Waals surface area (Å²) in [6.07, 6.45) is -3.53. The molecule has 0 aromatic heterocycles. The van der Waals surface area contributed by atoms with Gasteiger partial charge < -0.3 is 20.6 Å². The van der Waals surface area contributed by atoms with Crippen molar-refractivity contribution in [1.82, 2.24) is 15.5 Å². The van der Waals surface area contributed by atoms with E-state index in [4.69, 9.17) is 0 Å². The lowest BCUT2D eigenvalue weighted by Gasteiger charge is -2.29. The number of nitrogens with one attached hydrogen (secondary N) is 2. The van der Waals surface area contributed by atoms with E-state index in [2.05, 4.69) is 15.4 Å². The Bertz CT molecular complexity index is 816. The van der Waals surface area contributed by atoms with Crippen LogP contribution in [-0.4, -0.2) is 77.8 Å². The number of hydrogen-bond donors (Lipinski definition) is 3. The van der Waals surface area contributed by atoms with E-state index < -0.39 is 54.7 Å². The van der Waals surface area contributed by atoms with Gasteiger partial charge >= 0.3 is 6.36 Å². The zero-order valence-electron chi connectivity index (χ0n) is 19.3. The summed E-state index contributed by atoms with van der Waals surface area (Å²) < 4.78 is 41.0.